The normalized spacial score (nSPS) is 21.3. The van der Waals surface area contributed by atoms with Gasteiger partial charge in [-0.2, -0.15) is 5.10 Å². The van der Waals surface area contributed by atoms with E-state index in [2.05, 4.69) is 20.3 Å². The number of aromatic nitrogens is 2. The smallest absolute Gasteiger partial charge is 0.358 e. The van der Waals surface area contributed by atoms with Gasteiger partial charge in [0.15, 0.2) is 5.69 Å². The van der Waals surface area contributed by atoms with Crippen molar-refractivity contribution >= 4 is 5.97 Å². The third-order valence-electron chi connectivity index (χ3n) is 2.73. The number of hydrogen-bond acceptors (Lipinski definition) is 4. The molecule has 0 aromatic carbocycles. The lowest BCUT2D eigenvalue weighted by Crippen LogP contribution is -2.28. The van der Waals surface area contributed by atoms with E-state index in [1.54, 1.807) is 6.07 Å². The molecule has 1 aliphatic heterocycles. The van der Waals surface area contributed by atoms with Crippen LogP contribution < -0.4 is 5.32 Å². The van der Waals surface area contributed by atoms with E-state index in [1.807, 2.05) is 0 Å². The lowest BCUT2D eigenvalue weighted by Gasteiger charge is -2.20. The zero-order valence-corrected chi connectivity index (χ0v) is 8.75. The summed E-state index contributed by atoms with van der Waals surface area (Å²) >= 11 is 0. The number of hydrogen-bond donors (Lipinski definition) is 2. The maximum absolute atomic E-state index is 11.2. The Kier molecular flexibility index (Phi) is 3.01. The highest BCUT2D eigenvalue weighted by Crippen LogP contribution is 2.21. The van der Waals surface area contributed by atoms with Gasteiger partial charge in [0.05, 0.1) is 7.11 Å². The molecule has 15 heavy (non-hydrogen) atoms. The van der Waals surface area contributed by atoms with E-state index in [9.17, 15) is 4.79 Å². The molecule has 1 saturated heterocycles. The molecule has 0 saturated carbocycles. The van der Waals surface area contributed by atoms with Gasteiger partial charge in [-0.1, -0.05) is 0 Å². The molecule has 1 aromatic heterocycles. The first kappa shape index (κ1) is 10.2. The molecule has 0 unspecified atom stereocenters. The standard InChI is InChI=1S/C10H15N3O2/c1-15-10(14)9-5-8(12-13-9)7-3-2-4-11-6-7/h5,7,11H,2-4,6H2,1H3,(H,12,13)/t7-/m0/s1. The second-order valence-electron chi connectivity index (χ2n) is 3.74. The third-order valence-corrected chi connectivity index (χ3v) is 2.73. The molecule has 1 aromatic rings. The van der Waals surface area contributed by atoms with Gasteiger partial charge in [-0.15, -0.1) is 0 Å². The highest BCUT2D eigenvalue weighted by molar-refractivity contribution is 5.87. The number of rotatable bonds is 2. The summed E-state index contributed by atoms with van der Waals surface area (Å²) in [5.74, 6) is 0.0472. The average Bonchev–Trinajstić information content (AvgIpc) is 2.78. The average molecular weight is 209 g/mol. The van der Waals surface area contributed by atoms with Gasteiger partial charge in [0, 0.05) is 18.2 Å². The number of H-pyrrole nitrogens is 1. The molecule has 0 amide bonds. The monoisotopic (exact) mass is 209 g/mol. The van der Waals surface area contributed by atoms with Gasteiger partial charge in [-0.05, 0) is 25.5 Å². The van der Waals surface area contributed by atoms with Gasteiger partial charge in [0.2, 0.25) is 0 Å². The number of ether oxygens (including phenoxy) is 1. The van der Waals surface area contributed by atoms with Crippen LogP contribution in [0.25, 0.3) is 0 Å². The third kappa shape index (κ3) is 2.18. The van der Waals surface area contributed by atoms with Crippen molar-refractivity contribution in [1.82, 2.24) is 15.5 Å². The maximum atomic E-state index is 11.2. The molecule has 1 aliphatic rings. The van der Waals surface area contributed by atoms with Gasteiger partial charge < -0.3 is 10.1 Å². The molecule has 0 bridgehead atoms. The molecule has 2 rings (SSSR count). The van der Waals surface area contributed by atoms with E-state index in [0.717, 1.165) is 31.6 Å². The first-order chi connectivity index (χ1) is 7.31. The molecule has 5 heteroatoms. The van der Waals surface area contributed by atoms with Crippen molar-refractivity contribution in [2.75, 3.05) is 20.2 Å². The number of carbonyl (C=O) groups is 1. The van der Waals surface area contributed by atoms with Crippen molar-refractivity contribution in [3.8, 4) is 0 Å². The van der Waals surface area contributed by atoms with Crippen LogP contribution in [0, 0.1) is 0 Å². The Bertz CT molecular complexity index is 342. The van der Waals surface area contributed by atoms with Crippen LogP contribution in [0.15, 0.2) is 6.07 Å². The number of carbonyl (C=O) groups excluding carboxylic acids is 1. The fourth-order valence-corrected chi connectivity index (χ4v) is 1.87. The van der Waals surface area contributed by atoms with Crippen molar-refractivity contribution in [1.29, 1.82) is 0 Å². The fourth-order valence-electron chi connectivity index (χ4n) is 1.87. The van der Waals surface area contributed by atoms with Crippen molar-refractivity contribution in [2.24, 2.45) is 0 Å². The van der Waals surface area contributed by atoms with Crippen LogP contribution in [0.4, 0.5) is 0 Å². The second kappa shape index (κ2) is 4.44. The topological polar surface area (TPSA) is 67.0 Å². The Morgan fingerprint density at radius 2 is 2.53 bits per heavy atom. The van der Waals surface area contributed by atoms with Crippen molar-refractivity contribution in [2.45, 2.75) is 18.8 Å². The van der Waals surface area contributed by atoms with Crippen LogP contribution in [0.3, 0.4) is 0 Å². The molecule has 1 fully saturated rings. The summed E-state index contributed by atoms with van der Waals surface area (Å²) in [4.78, 5) is 11.2. The molecule has 1 atom stereocenters. The van der Waals surface area contributed by atoms with Crippen LogP contribution in [-0.2, 0) is 4.74 Å². The van der Waals surface area contributed by atoms with Crippen LogP contribution in [0.5, 0.6) is 0 Å². The SMILES string of the molecule is COC(=O)c1cc([C@H]2CCCNC2)[nH]n1. The minimum Gasteiger partial charge on any atom is -0.464 e. The Hall–Kier alpha value is -1.36. The van der Waals surface area contributed by atoms with Crippen LogP contribution in [0.2, 0.25) is 0 Å². The summed E-state index contributed by atoms with van der Waals surface area (Å²) in [6.07, 6.45) is 2.30. The van der Waals surface area contributed by atoms with Gasteiger partial charge in [0.25, 0.3) is 0 Å². The minimum absolute atomic E-state index is 0.359. The van der Waals surface area contributed by atoms with Gasteiger partial charge >= 0.3 is 5.97 Å². The molecule has 0 aliphatic carbocycles. The number of nitrogens with one attached hydrogen (secondary N) is 2. The molecule has 5 nitrogen and oxygen atoms in total. The van der Waals surface area contributed by atoms with Crippen LogP contribution in [-0.4, -0.2) is 36.4 Å². The minimum atomic E-state index is -0.388. The highest BCUT2D eigenvalue weighted by atomic mass is 16.5. The largest absolute Gasteiger partial charge is 0.464 e. The summed E-state index contributed by atoms with van der Waals surface area (Å²) in [7, 11) is 1.36. The predicted molar refractivity (Wildman–Crippen MR) is 54.8 cm³/mol. The second-order valence-corrected chi connectivity index (χ2v) is 3.74. The summed E-state index contributed by atoms with van der Waals surface area (Å²) in [5, 5.41) is 10.2. The molecule has 82 valence electrons. The fraction of sp³-hybridized carbons (Fsp3) is 0.600. The van der Waals surface area contributed by atoms with Crippen LogP contribution >= 0.6 is 0 Å². The summed E-state index contributed by atoms with van der Waals surface area (Å²) in [6, 6.07) is 1.78. The number of nitrogens with zero attached hydrogens (tertiary/aromatic N) is 1. The summed E-state index contributed by atoms with van der Waals surface area (Å²) in [5.41, 5.74) is 1.38. The number of aromatic amines is 1. The van der Waals surface area contributed by atoms with E-state index in [1.165, 1.54) is 7.11 Å². The van der Waals surface area contributed by atoms with Crippen molar-refractivity contribution in [3.05, 3.63) is 17.5 Å². The first-order valence-corrected chi connectivity index (χ1v) is 5.15. The molecule has 0 radical (unpaired) electrons. The Balaban J connectivity index is 2.08. The van der Waals surface area contributed by atoms with E-state index in [4.69, 9.17) is 0 Å². The summed E-state index contributed by atoms with van der Waals surface area (Å²) < 4.78 is 4.60. The first-order valence-electron chi connectivity index (χ1n) is 5.15. The highest BCUT2D eigenvalue weighted by Gasteiger charge is 2.19. The van der Waals surface area contributed by atoms with Crippen LogP contribution in [0.1, 0.15) is 34.9 Å². The Labute approximate surface area is 88.2 Å². The number of piperidine rings is 1. The molecule has 0 spiro atoms. The van der Waals surface area contributed by atoms with E-state index >= 15 is 0 Å². The van der Waals surface area contributed by atoms with E-state index in [0.29, 0.717) is 11.6 Å². The Morgan fingerprint density at radius 3 is 3.20 bits per heavy atom. The number of esters is 1. The van der Waals surface area contributed by atoms with E-state index < -0.39 is 0 Å². The lowest BCUT2D eigenvalue weighted by molar-refractivity contribution is 0.0594. The van der Waals surface area contributed by atoms with Crippen molar-refractivity contribution < 1.29 is 9.53 Å². The Morgan fingerprint density at radius 1 is 1.67 bits per heavy atom. The summed E-state index contributed by atoms with van der Waals surface area (Å²) in [6.45, 7) is 2.03. The quantitative estimate of drug-likeness (QED) is 0.702. The van der Waals surface area contributed by atoms with Gasteiger partial charge in [-0.3, -0.25) is 5.10 Å². The molecular weight excluding hydrogens is 194 g/mol. The van der Waals surface area contributed by atoms with Crippen molar-refractivity contribution in [3.63, 3.8) is 0 Å². The van der Waals surface area contributed by atoms with E-state index in [-0.39, 0.29) is 5.97 Å². The zero-order chi connectivity index (χ0) is 10.7. The molecular formula is C10H15N3O2. The molecule has 2 heterocycles. The lowest BCUT2D eigenvalue weighted by atomic mass is 9.96. The molecule has 2 N–H and O–H groups in total. The maximum Gasteiger partial charge on any atom is 0.358 e. The van der Waals surface area contributed by atoms with Gasteiger partial charge in [0.1, 0.15) is 0 Å². The number of methoxy groups -OCH3 is 1. The van der Waals surface area contributed by atoms with Gasteiger partial charge in [-0.25, -0.2) is 4.79 Å². The predicted octanol–water partition coefficient (Wildman–Crippen LogP) is 0.663. The zero-order valence-electron chi connectivity index (χ0n) is 8.75.